The van der Waals surface area contributed by atoms with Crippen molar-refractivity contribution in [1.29, 1.82) is 0 Å². The lowest BCUT2D eigenvalue weighted by atomic mass is 10.2. The van der Waals surface area contributed by atoms with E-state index < -0.39 is 11.3 Å². The summed E-state index contributed by atoms with van der Waals surface area (Å²) in [5.41, 5.74) is 0.304. The Kier molecular flexibility index (Phi) is 3.85. The van der Waals surface area contributed by atoms with Crippen LogP contribution in [0.25, 0.3) is 0 Å². The zero-order valence-corrected chi connectivity index (χ0v) is 9.78. The Morgan fingerprint density at radius 1 is 1.21 bits per heavy atom. The number of carbonyl (C=O) groups excluding carboxylic acids is 1. The number of halogens is 3. The summed E-state index contributed by atoms with van der Waals surface area (Å²) in [7, 11) is 0. The van der Waals surface area contributed by atoms with Gasteiger partial charge in [-0.05, 0) is 35.9 Å². The van der Waals surface area contributed by atoms with Gasteiger partial charge in [0.25, 0.3) is 5.24 Å². The molecule has 0 atom stereocenters. The molecule has 0 heterocycles. The van der Waals surface area contributed by atoms with Crippen LogP contribution in [-0.4, -0.2) is 5.24 Å². The van der Waals surface area contributed by atoms with Gasteiger partial charge in [0.2, 0.25) is 0 Å². The monoisotopic (exact) mass is 272 g/mol. The Morgan fingerprint density at radius 3 is 2.07 bits per heavy atom. The van der Waals surface area contributed by atoms with Crippen LogP contribution < -0.4 is 4.52 Å². The quantitative estimate of drug-likeness (QED) is 0.617. The van der Waals surface area contributed by atoms with Gasteiger partial charge in [0.05, 0.1) is 0 Å². The van der Waals surface area contributed by atoms with Gasteiger partial charge in [-0.15, -0.1) is 0 Å². The third kappa shape index (κ3) is 3.89. The second-order valence-electron chi connectivity index (χ2n) is 2.30. The van der Waals surface area contributed by atoms with Crippen LogP contribution in [0.3, 0.4) is 0 Å². The first kappa shape index (κ1) is 11.9. The van der Waals surface area contributed by atoms with E-state index >= 15 is 0 Å². The van der Waals surface area contributed by atoms with E-state index in [1.54, 1.807) is 0 Å². The Morgan fingerprint density at radius 2 is 1.71 bits per heavy atom. The number of benzene rings is 1. The summed E-state index contributed by atoms with van der Waals surface area (Å²) in [6.07, 6.45) is -3.60. The number of rotatable bonds is 3. The van der Waals surface area contributed by atoms with Crippen LogP contribution in [0.4, 0.5) is 0 Å². The lowest BCUT2D eigenvalue weighted by Crippen LogP contribution is -1.88. The van der Waals surface area contributed by atoms with Gasteiger partial charge < -0.3 is 4.52 Å². The summed E-state index contributed by atoms with van der Waals surface area (Å²) >= 11 is 15.6. The fraction of sp³-hybridized carbons (Fsp3) is 0. The summed E-state index contributed by atoms with van der Waals surface area (Å²) in [4.78, 5) is 10.7. The predicted octanol–water partition coefficient (Wildman–Crippen LogP) is 4.03. The van der Waals surface area contributed by atoms with Crippen LogP contribution in [0.1, 0.15) is 10.4 Å². The van der Waals surface area contributed by atoms with Gasteiger partial charge in [-0.1, -0.05) is 0 Å². The number of carbonyl (C=O) groups is 1. The largest absolute Gasteiger partial charge is 0.428 e. The third-order valence-electron chi connectivity index (χ3n) is 1.29. The first-order valence-electron chi connectivity index (χ1n) is 3.37. The molecule has 1 aromatic rings. The highest BCUT2D eigenvalue weighted by atomic mass is 35.9. The van der Waals surface area contributed by atoms with Crippen molar-refractivity contribution in [2.75, 3.05) is 0 Å². The smallest absolute Gasteiger partial charge is 0.422 e. The third-order valence-corrected chi connectivity index (χ3v) is 2.35. The minimum Gasteiger partial charge on any atom is -0.422 e. The van der Waals surface area contributed by atoms with Crippen LogP contribution in [0.15, 0.2) is 24.3 Å². The Bertz CT molecular complexity index is 384. The van der Waals surface area contributed by atoms with Crippen LogP contribution in [0.2, 0.25) is 0 Å². The van der Waals surface area contributed by atoms with E-state index in [4.69, 9.17) is 34.1 Å². The molecular formula is C7H4Cl3O3P. The van der Waals surface area contributed by atoms with Crippen molar-refractivity contribution in [3.05, 3.63) is 29.8 Å². The molecule has 0 aromatic heterocycles. The van der Waals surface area contributed by atoms with Crippen molar-refractivity contribution in [2.45, 2.75) is 0 Å². The Labute approximate surface area is 94.9 Å². The van der Waals surface area contributed by atoms with Crippen molar-refractivity contribution in [3.8, 4) is 5.75 Å². The molecule has 0 saturated heterocycles. The zero-order valence-electron chi connectivity index (χ0n) is 6.62. The van der Waals surface area contributed by atoms with Gasteiger partial charge in [0.15, 0.2) is 0 Å². The van der Waals surface area contributed by atoms with Crippen molar-refractivity contribution in [2.24, 2.45) is 0 Å². The maximum atomic E-state index is 10.8. The highest BCUT2D eigenvalue weighted by molar-refractivity contribution is 8.05. The highest BCUT2D eigenvalue weighted by Crippen LogP contribution is 2.57. The topological polar surface area (TPSA) is 43.4 Å². The van der Waals surface area contributed by atoms with E-state index in [1.807, 2.05) is 0 Å². The van der Waals surface area contributed by atoms with E-state index in [1.165, 1.54) is 24.3 Å². The lowest BCUT2D eigenvalue weighted by Gasteiger charge is -2.05. The molecule has 0 N–H and O–H groups in total. The number of hydrogen-bond donors (Lipinski definition) is 0. The molecule has 0 saturated carbocycles. The standard InChI is InChI=1S/C7H4Cl3O3P/c8-7(11)5-1-3-6(4-2-5)13-14(9,10)12/h1-4H. The molecule has 0 aliphatic heterocycles. The lowest BCUT2D eigenvalue weighted by molar-refractivity contribution is 0.108. The molecule has 76 valence electrons. The highest BCUT2D eigenvalue weighted by Gasteiger charge is 2.15. The van der Waals surface area contributed by atoms with Crippen molar-refractivity contribution in [3.63, 3.8) is 0 Å². The SMILES string of the molecule is O=C(Cl)c1ccc(OP(=O)(Cl)Cl)cc1. The fourth-order valence-corrected chi connectivity index (χ4v) is 1.74. The van der Waals surface area contributed by atoms with E-state index in [0.717, 1.165) is 0 Å². The summed E-state index contributed by atoms with van der Waals surface area (Å²) in [6, 6.07) is 5.61. The van der Waals surface area contributed by atoms with Crippen LogP contribution in [-0.2, 0) is 4.57 Å². The molecule has 0 amide bonds. The van der Waals surface area contributed by atoms with Gasteiger partial charge in [-0.2, -0.15) is 0 Å². The van der Waals surface area contributed by atoms with Crippen molar-refractivity contribution in [1.82, 2.24) is 0 Å². The summed E-state index contributed by atoms with van der Waals surface area (Å²) in [5, 5.41) is -0.587. The first-order valence-corrected chi connectivity index (χ1v) is 7.18. The first-order chi connectivity index (χ1) is 6.38. The predicted molar refractivity (Wildman–Crippen MR) is 56.6 cm³/mol. The molecule has 0 radical (unpaired) electrons. The van der Waals surface area contributed by atoms with Gasteiger partial charge in [0, 0.05) is 28.0 Å². The van der Waals surface area contributed by atoms with Crippen molar-refractivity contribution < 1.29 is 13.9 Å². The van der Waals surface area contributed by atoms with E-state index in [0.29, 0.717) is 5.56 Å². The molecule has 0 bridgehead atoms. The molecule has 14 heavy (non-hydrogen) atoms. The van der Waals surface area contributed by atoms with E-state index in [2.05, 4.69) is 4.52 Å². The molecule has 7 heteroatoms. The normalized spacial score (nSPS) is 11.1. The maximum Gasteiger partial charge on any atom is 0.428 e. The van der Waals surface area contributed by atoms with E-state index in [9.17, 15) is 9.36 Å². The van der Waals surface area contributed by atoms with Crippen LogP contribution in [0, 0.1) is 0 Å². The average Bonchev–Trinajstić information content (AvgIpc) is 2.02. The summed E-state index contributed by atoms with van der Waals surface area (Å²) < 4.78 is 15.5. The Hall–Kier alpha value is -0.210. The van der Waals surface area contributed by atoms with Gasteiger partial charge >= 0.3 is 6.07 Å². The molecule has 0 unspecified atom stereocenters. The molecular weight excluding hydrogens is 269 g/mol. The second kappa shape index (κ2) is 4.54. The average molecular weight is 273 g/mol. The maximum absolute atomic E-state index is 10.8. The molecule has 0 fully saturated rings. The van der Waals surface area contributed by atoms with Crippen LogP contribution >= 0.6 is 40.2 Å². The van der Waals surface area contributed by atoms with Gasteiger partial charge in [-0.25, -0.2) is 4.57 Å². The van der Waals surface area contributed by atoms with Crippen LogP contribution in [0.5, 0.6) is 5.75 Å². The molecule has 3 nitrogen and oxygen atoms in total. The minimum atomic E-state index is -3.60. The molecule has 0 aliphatic rings. The number of hydrogen-bond acceptors (Lipinski definition) is 3. The second-order valence-corrected chi connectivity index (χ2v) is 6.85. The Balaban J connectivity index is 2.84. The van der Waals surface area contributed by atoms with E-state index in [-0.39, 0.29) is 5.75 Å². The molecule has 0 spiro atoms. The minimum absolute atomic E-state index is 0.208. The molecule has 0 aliphatic carbocycles. The fourth-order valence-electron chi connectivity index (χ4n) is 0.770. The summed E-state index contributed by atoms with van der Waals surface area (Å²) in [6.45, 7) is 0. The van der Waals surface area contributed by atoms with Gasteiger partial charge in [0.1, 0.15) is 5.75 Å². The zero-order chi connectivity index (χ0) is 10.8. The summed E-state index contributed by atoms with van der Waals surface area (Å²) in [5.74, 6) is 0.208. The molecule has 1 aromatic carbocycles. The van der Waals surface area contributed by atoms with Gasteiger partial charge in [-0.3, -0.25) is 4.79 Å². The molecule has 1 rings (SSSR count). The van der Waals surface area contributed by atoms with Crippen molar-refractivity contribution >= 4 is 45.4 Å².